The van der Waals surface area contributed by atoms with Crippen LogP contribution in [0.1, 0.15) is 12.8 Å². The van der Waals surface area contributed by atoms with E-state index in [0.717, 1.165) is 19.5 Å². The Balaban J connectivity index is 2.20. The molecule has 0 aliphatic carbocycles. The monoisotopic (exact) mass is 147 g/mol. The number of alkyl halides is 1. The number of rotatable bonds is 4. The maximum atomic E-state index is 11.7. The highest BCUT2D eigenvalue weighted by Crippen LogP contribution is 2.21. The zero-order valence-corrected chi connectivity index (χ0v) is 6.32. The molecule has 2 nitrogen and oxygen atoms in total. The summed E-state index contributed by atoms with van der Waals surface area (Å²) >= 11 is 0. The second-order valence-corrected chi connectivity index (χ2v) is 2.78. The molecule has 1 fully saturated rings. The van der Waals surface area contributed by atoms with E-state index in [1.807, 2.05) is 0 Å². The zero-order chi connectivity index (χ0) is 7.45. The van der Waals surface area contributed by atoms with Gasteiger partial charge in [0.1, 0.15) is 0 Å². The van der Waals surface area contributed by atoms with Crippen molar-refractivity contribution in [3.8, 4) is 0 Å². The molecule has 0 radical (unpaired) electrons. The van der Waals surface area contributed by atoms with Gasteiger partial charge in [-0.1, -0.05) is 0 Å². The highest BCUT2D eigenvalue weighted by atomic mass is 19.1. The van der Waals surface area contributed by atoms with Gasteiger partial charge in [-0.05, 0) is 12.8 Å². The summed E-state index contributed by atoms with van der Waals surface area (Å²) < 4.78 is 17.0. The van der Waals surface area contributed by atoms with Crippen LogP contribution in [0.3, 0.4) is 0 Å². The summed E-state index contributed by atoms with van der Waals surface area (Å²) in [7, 11) is 1.69. The van der Waals surface area contributed by atoms with Crippen LogP contribution in [0, 0.1) is 0 Å². The first-order valence-electron chi connectivity index (χ1n) is 3.65. The molecule has 1 aliphatic heterocycles. The van der Waals surface area contributed by atoms with Gasteiger partial charge >= 0.3 is 0 Å². The molecule has 0 aromatic heterocycles. The number of methoxy groups -OCH3 is 1. The zero-order valence-electron chi connectivity index (χ0n) is 6.32. The minimum absolute atomic E-state index is 0.0356. The Hall–Kier alpha value is -0.150. The van der Waals surface area contributed by atoms with Crippen molar-refractivity contribution in [2.24, 2.45) is 0 Å². The van der Waals surface area contributed by atoms with Crippen LogP contribution >= 0.6 is 0 Å². The van der Waals surface area contributed by atoms with E-state index in [0.29, 0.717) is 6.42 Å². The van der Waals surface area contributed by atoms with Crippen molar-refractivity contribution in [1.29, 1.82) is 0 Å². The van der Waals surface area contributed by atoms with Crippen LogP contribution in [0.5, 0.6) is 0 Å². The lowest BCUT2D eigenvalue weighted by Gasteiger charge is -2.41. The summed E-state index contributed by atoms with van der Waals surface area (Å²) in [4.78, 5) is 0. The Morgan fingerprint density at radius 3 is 2.60 bits per heavy atom. The predicted octanol–water partition coefficient (Wildman–Crippen LogP) is 0.724. The topological polar surface area (TPSA) is 21.3 Å². The van der Waals surface area contributed by atoms with E-state index >= 15 is 0 Å². The number of hydrogen-bond donors (Lipinski definition) is 1. The molecule has 1 heterocycles. The fraction of sp³-hybridized carbons (Fsp3) is 1.00. The third kappa shape index (κ3) is 1.47. The lowest BCUT2D eigenvalue weighted by atomic mass is 9.91. The first-order chi connectivity index (χ1) is 4.83. The smallest absolute Gasteiger partial charge is 0.0926 e. The largest absolute Gasteiger partial charge is 0.376 e. The molecule has 0 spiro atoms. The van der Waals surface area contributed by atoms with E-state index in [2.05, 4.69) is 5.32 Å². The Bertz CT molecular complexity index is 98.3. The first kappa shape index (κ1) is 7.95. The maximum absolute atomic E-state index is 11.7. The third-order valence-electron chi connectivity index (χ3n) is 2.09. The van der Waals surface area contributed by atoms with Gasteiger partial charge in [-0.3, -0.25) is 4.39 Å². The van der Waals surface area contributed by atoms with E-state index < -0.39 is 0 Å². The van der Waals surface area contributed by atoms with Crippen LogP contribution in [-0.2, 0) is 4.74 Å². The molecule has 10 heavy (non-hydrogen) atoms. The van der Waals surface area contributed by atoms with E-state index in [-0.39, 0.29) is 12.3 Å². The minimum atomic E-state index is -0.231. The second kappa shape index (κ2) is 3.30. The number of nitrogens with one attached hydrogen (secondary N) is 1. The van der Waals surface area contributed by atoms with Crippen LogP contribution in [0.25, 0.3) is 0 Å². The number of hydrogen-bond acceptors (Lipinski definition) is 2. The fourth-order valence-electron chi connectivity index (χ4n) is 1.22. The highest BCUT2D eigenvalue weighted by Gasteiger charge is 2.35. The quantitative estimate of drug-likeness (QED) is 0.632. The van der Waals surface area contributed by atoms with Crippen molar-refractivity contribution in [3.63, 3.8) is 0 Å². The SMILES string of the molecule is COC1(CCCF)CNC1. The van der Waals surface area contributed by atoms with Gasteiger partial charge in [-0.2, -0.15) is 0 Å². The van der Waals surface area contributed by atoms with Gasteiger partial charge in [0.2, 0.25) is 0 Å². The van der Waals surface area contributed by atoms with Gasteiger partial charge in [-0.25, -0.2) is 0 Å². The minimum Gasteiger partial charge on any atom is -0.376 e. The van der Waals surface area contributed by atoms with Crippen molar-refractivity contribution in [1.82, 2.24) is 5.32 Å². The van der Waals surface area contributed by atoms with Crippen molar-refractivity contribution in [2.45, 2.75) is 18.4 Å². The van der Waals surface area contributed by atoms with Crippen molar-refractivity contribution < 1.29 is 9.13 Å². The molecular formula is C7H14FNO. The predicted molar refractivity (Wildman–Crippen MR) is 37.8 cm³/mol. The lowest BCUT2D eigenvalue weighted by molar-refractivity contribution is -0.0590. The highest BCUT2D eigenvalue weighted by molar-refractivity contribution is 4.93. The van der Waals surface area contributed by atoms with Crippen LogP contribution < -0.4 is 5.32 Å². The summed E-state index contributed by atoms with van der Waals surface area (Å²) in [6.07, 6.45) is 1.46. The van der Waals surface area contributed by atoms with Gasteiger partial charge in [-0.15, -0.1) is 0 Å². The van der Waals surface area contributed by atoms with E-state index in [4.69, 9.17) is 4.74 Å². The average molecular weight is 147 g/mol. The van der Waals surface area contributed by atoms with Crippen molar-refractivity contribution >= 4 is 0 Å². The molecule has 1 N–H and O–H groups in total. The second-order valence-electron chi connectivity index (χ2n) is 2.78. The van der Waals surface area contributed by atoms with Gasteiger partial charge in [0.05, 0.1) is 12.3 Å². The first-order valence-corrected chi connectivity index (χ1v) is 3.65. The van der Waals surface area contributed by atoms with Crippen LogP contribution in [0.4, 0.5) is 4.39 Å². The molecule has 0 atom stereocenters. The van der Waals surface area contributed by atoms with Crippen molar-refractivity contribution in [2.75, 3.05) is 26.9 Å². The molecule has 3 heteroatoms. The van der Waals surface area contributed by atoms with Crippen LogP contribution in [0.2, 0.25) is 0 Å². The van der Waals surface area contributed by atoms with Gasteiger partial charge in [0, 0.05) is 20.2 Å². The molecule has 0 aromatic rings. The Labute approximate surface area is 60.8 Å². The summed E-state index contributed by atoms with van der Waals surface area (Å²) in [5.74, 6) is 0. The summed E-state index contributed by atoms with van der Waals surface area (Å²) in [6.45, 7) is 1.53. The van der Waals surface area contributed by atoms with E-state index in [1.54, 1.807) is 7.11 Å². The molecule has 1 aliphatic rings. The molecule has 0 aromatic carbocycles. The standard InChI is InChI=1S/C7H14FNO/c1-10-7(3-2-4-8)5-9-6-7/h9H,2-6H2,1H3. The molecule has 1 saturated heterocycles. The summed E-state index contributed by atoms with van der Waals surface area (Å²) in [5, 5.41) is 3.11. The summed E-state index contributed by atoms with van der Waals surface area (Å²) in [5.41, 5.74) is -0.0356. The maximum Gasteiger partial charge on any atom is 0.0926 e. The molecule has 0 amide bonds. The molecule has 0 saturated carbocycles. The lowest BCUT2D eigenvalue weighted by Crippen LogP contribution is -2.60. The van der Waals surface area contributed by atoms with Gasteiger partial charge in [0.25, 0.3) is 0 Å². The van der Waals surface area contributed by atoms with E-state index in [9.17, 15) is 4.39 Å². The molecule has 60 valence electrons. The Kier molecular flexibility index (Phi) is 2.63. The third-order valence-corrected chi connectivity index (χ3v) is 2.09. The van der Waals surface area contributed by atoms with Crippen molar-refractivity contribution in [3.05, 3.63) is 0 Å². The normalized spacial score (nSPS) is 22.2. The van der Waals surface area contributed by atoms with Gasteiger partial charge in [0.15, 0.2) is 0 Å². The molecule has 0 bridgehead atoms. The van der Waals surface area contributed by atoms with E-state index in [1.165, 1.54) is 0 Å². The summed E-state index contributed by atoms with van der Waals surface area (Å²) in [6, 6.07) is 0. The molecular weight excluding hydrogens is 133 g/mol. The average Bonchev–Trinajstić information content (AvgIpc) is 1.87. The van der Waals surface area contributed by atoms with Crippen LogP contribution in [0.15, 0.2) is 0 Å². The van der Waals surface area contributed by atoms with Crippen LogP contribution in [-0.4, -0.2) is 32.5 Å². The molecule has 0 unspecified atom stereocenters. The Morgan fingerprint density at radius 1 is 1.60 bits per heavy atom. The van der Waals surface area contributed by atoms with Gasteiger partial charge < -0.3 is 10.1 Å². The Morgan fingerprint density at radius 2 is 2.30 bits per heavy atom. The fourth-order valence-corrected chi connectivity index (χ4v) is 1.22. The number of halogens is 1. The number of ether oxygens (including phenoxy) is 1. The molecule has 1 rings (SSSR count).